The average molecular weight is 290 g/mol. The number of amides is 1. The normalized spacial score (nSPS) is 20.5. The molecule has 0 spiro atoms. The molecule has 1 aromatic carbocycles. The van der Waals surface area contributed by atoms with Crippen LogP contribution in [0.1, 0.15) is 43.9 Å². The lowest BCUT2D eigenvalue weighted by molar-refractivity contribution is -0.153. The highest BCUT2D eigenvalue weighted by Crippen LogP contribution is 2.31. The first-order valence-corrected chi connectivity index (χ1v) is 7.29. The van der Waals surface area contributed by atoms with Crippen molar-refractivity contribution in [2.75, 3.05) is 6.54 Å². The van der Waals surface area contributed by atoms with Crippen LogP contribution in [0.15, 0.2) is 24.3 Å². The van der Waals surface area contributed by atoms with Crippen molar-refractivity contribution < 1.29 is 14.7 Å². The number of fused-ring (bicyclic) bond motifs is 1. The Kier molecular flexibility index (Phi) is 4.32. The van der Waals surface area contributed by atoms with Gasteiger partial charge in [0.1, 0.15) is 0 Å². The number of nitrogens with two attached hydrogens (primary N) is 1. The third kappa shape index (κ3) is 2.93. The summed E-state index contributed by atoms with van der Waals surface area (Å²) < 4.78 is 0. The topological polar surface area (TPSA) is 83.6 Å². The summed E-state index contributed by atoms with van der Waals surface area (Å²) >= 11 is 0. The Morgan fingerprint density at radius 1 is 1.43 bits per heavy atom. The second-order valence-corrected chi connectivity index (χ2v) is 5.86. The maximum absolute atomic E-state index is 12.7. The van der Waals surface area contributed by atoms with Gasteiger partial charge in [-0.3, -0.25) is 4.79 Å². The predicted octanol–water partition coefficient (Wildman–Crippen LogP) is 1.71. The van der Waals surface area contributed by atoms with Gasteiger partial charge in [-0.25, -0.2) is 4.79 Å². The molecule has 2 rings (SSSR count). The van der Waals surface area contributed by atoms with Gasteiger partial charge in [-0.1, -0.05) is 37.6 Å². The number of benzene rings is 1. The molecule has 0 radical (unpaired) electrons. The summed E-state index contributed by atoms with van der Waals surface area (Å²) in [4.78, 5) is 25.8. The summed E-state index contributed by atoms with van der Waals surface area (Å²) in [6, 6.07) is 6.44. The summed E-state index contributed by atoms with van der Waals surface area (Å²) in [7, 11) is 0. The zero-order chi connectivity index (χ0) is 15.6. The first-order chi connectivity index (χ1) is 9.88. The van der Waals surface area contributed by atoms with Crippen molar-refractivity contribution in [1.29, 1.82) is 0 Å². The molecule has 21 heavy (non-hydrogen) atoms. The second kappa shape index (κ2) is 5.85. The fourth-order valence-corrected chi connectivity index (χ4v) is 3.01. The van der Waals surface area contributed by atoms with Gasteiger partial charge in [0.05, 0.1) is 5.54 Å². The van der Waals surface area contributed by atoms with Gasteiger partial charge in [-0.05, 0) is 30.9 Å². The Morgan fingerprint density at radius 2 is 2.10 bits per heavy atom. The van der Waals surface area contributed by atoms with Gasteiger partial charge in [0.15, 0.2) is 6.04 Å². The lowest BCUT2D eigenvalue weighted by Crippen LogP contribution is -2.56. The van der Waals surface area contributed by atoms with E-state index >= 15 is 0 Å². The molecule has 114 valence electrons. The lowest BCUT2D eigenvalue weighted by atomic mass is 9.89. The van der Waals surface area contributed by atoms with Crippen molar-refractivity contribution in [3.8, 4) is 0 Å². The van der Waals surface area contributed by atoms with E-state index in [1.54, 1.807) is 19.1 Å². The van der Waals surface area contributed by atoms with E-state index in [9.17, 15) is 14.7 Å². The van der Waals surface area contributed by atoms with Crippen LogP contribution >= 0.6 is 0 Å². The van der Waals surface area contributed by atoms with E-state index in [0.29, 0.717) is 24.9 Å². The van der Waals surface area contributed by atoms with Crippen LogP contribution in [-0.4, -0.2) is 34.0 Å². The first kappa shape index (κ1) is 15.5. The highest BCUT2D eigenvalue weighted by Gasteiger charge is 2.41. The molecular weight excluding hydrogens is 268 g/mol. The van der Waals surface area contributed by atoms with Crippen molar-refractivity contribution in [2.24, 2.45) is 5.73 Å². The number of hydrogen-bond donors (Lipinski definition) is 2. The molecule has 5 nitrogen and oxygen atoms in total. The van der Waals surface area contributed by atoms with Crippen molar-refractivity contribution in [1.82, 2.24) is 4.90 Å². The smallest absolute Gasteiger partial charge is 0.331 e. The van der Waals surface area contributed by atoms with Crippen LogP contribution in [0.3, 0.4) is 0 Å². The Morgan fingerprint density at radius 3 is 2.71 bits per heavy atom. The maximum Gasteiger partial charge on any atom is 0.331 e. The molecule has 0 bridgehead atoms. The molecule has 1 aromatic rings. The Bertz CT molecular complexity index is 554. The van der Waals surface area contributed by atoms with Crippen LogP contribution in [0.5, 0.6) is 0 Å². The Balaban J connectivity index is 2.37. The van der Waals surface area contributed by atoms with Gasteiger partial charge in [-0.2, -0.15) is 0 Å². The predicted molar refractivity (Wildman–Crippen MR) is 79.7 cm³/mol. The van der Waals surface area contributed by atoms with Crippen molar-refractivity contribution >= 4 is 11.9 Å². The third-order valence-corrected chi connectivity index (χ3v) is 4.04. The van der Waals surface area contributed by atoms with Gasteiger partial charge in [0.2, 0.25) is 5.91 Å². The molecular formula is C16H22N2O3. The number of nitrogens with zero attached hydrogens (tertiary/aromatic N) is 1. The molecule has 1 amide bonds. The van der Waals surface area contributed by atoms with E-state index in [1.165, 1.54) is 4.90 Å². The van der Waals surface area contributed by atoms with Crippen LogP contribution in [0, 0.1) is 0 Å². The lowest BCUT2D eigenvalue weighted by Gasteiger charge is -2.39. The monoisotopic (exact) mass is 290 g/mol. The van der Waals surface area contributed by atoms with Gasteiger partial charge in [-0.15, -0.1) is 0 Å². The van der Waals surface area contributed by atoms with E-state index in [-0.39, 0.29) is 5.91 Å². The van der Waals surface area contributed by atoms with Crippen molar-refractivity contribution in [3.05, 3.63) is 35.4 Å². The first-order valence-electron chi connectivity index (χ1n) is 7.29. The van der Waals surface area contributed by atoms with Crippen LogP contribution in [-0.2, 0) is 16.0 Å². The summed E-state index contributed by atoms with van der Waals surface area (Å²) in [5.74, 6) is -1.30. The fourth-order valence-electron chi connectivity index (χ4n) is 3.01. The molecule has 0 aliphatic carbocycles. The molecule has 0 aromatic heterocycles. The van der Waals surface area contributed by atoms with E-state index in [1.807, 2.05) is 19.1 Å². The van der Waals surface area contributed by atoms with Crippen molar-refractivity contribution in [3.63, 3.8) is 0 Å². The molecule has 1 aliphatic heterocycles. The minimum absolute atomic E-state index is 0.286. The van der Waals surface area contributed by atoms with Crippen LogP contribution < -0.4 is 5.73 Å². The summed E-state index contributed by atoms with van der Waals surface area (Å²) in [6.07, 6.45) is 1.98. The Hall–Kier alpha value is -1.88. The minimum atomic E-state index is -1.02. The Labute approximate surface area is 124 Å². The zero-order valence-electron chi connectivity index (χ0n) is 12.5. The molecule has 1 heterocycles. The van der Waals surface area contributed by atoms with E-state index in [0.717, 1.165) is 12.0 Å². The standard InChI is InChI=1S/C16H22N2O3/c1-3-9-16(2,17)15(21)18-10-8-11-6-4-5-7-12(11)13(18)14(19)20/h4-7,13H,3,8-10,17H2,1-2H3,(H,19,20). The van der Waals surface area contributed by atoms with Gasteiger partial charge in [0, 0.05) is 6.54 Å². The zero-order valence-corrected chi connectivity index (χ0v) is 12.5. The quantitative estimate of drug-likeness (QED) is 0.884. The number of hydrogen-bond acceptors (Lipinski definition) is 3. The molecule has 3 N–H and O–H groups in total. The highest BCUT2D eigenvalue weighted by atomic mass is 16.4. The van der Waals surface area contributed by atoms with Crippen molar-refractivity contribution in [2.45, 2.75) is 44.7 Å². The van der Waals surface area contributed by atoms with Gasteiger partial charge in [0.25, 0.3) is 0 Å². The number of carboxylic acids is 1. The van der Waals surface area contributed by atoms with Crippen LogP contribution in [0.25, 0.3) is 0 Å². The molecule has 0 fully saturated rings. The molecule has 0 saturated heterocycles. The summed E-state index contributed by atoms with van der Waals surface area (Å²) in [5.41, 5.74) is 6.76. The minimum Gasteiger partial charge on any atom is -0.479 e. The number of carbonyl (C=O) groups excluding carboxylic acids is 1. The largest absolute Gasteiger partial charge is 0.479 e. The van der Waals surface area contributed by atoms with E-state index in [2.05, 4.69) is 0 Å². The third-order valence-electron chi connectivity index (χ3n) is 4.04. The van der Waals surface area contributed by atoms with Crippen LogP contribution in [0.2, 0.25) is 0 Å². The molecule has 2 atom stereocenters. The number of carboxylic acid groups (broad SMARTS) is 1. The average Bonchev–Trinajstić information content (AvgIpc) is 2.44. The number of aliphatic carboxylic acids is 1. The molecule has 2 unspecified atom stereocenters. The fraction of sp³-hybridized carbons (Fsp3) is 0.500. The van der Waals surface area contributed by atoms with Gasteiger partial charge >= 0.3 is 5.97 Å². The van der Waals surface area contributed by atoms with Crippen LogP contribution in [0.4, 0.5) is 0 Å². The second-order valence-electron chi connectivity index (χ2n) is 5.86. The molecule has 0 saturated carbocycles. The molecule has 5 heteroatoms. The molecule has 1 aliphatic rings. The number of carbonyl (C=O) groups is 2. The highest BCUT2D eigenvalue weighted by molar-refractivity contribution is 5.90. The van der Waals surface area contributed by atoms with E-state index in [4.69, 9.17) is 5.73 Å². The summed E-state index contributed by atoms with van der Waals surface area (Å²) in [6.45, 7) is 4.03. The van der Waals surface area contributed by atoms with Gasteiger partial charge < -0.3 is 15.7 Å². The summed E-state index contributed by atoms with van der Waals surface area (Å²) in [5, 5.41) is 9.57. The maximum atomic E-state index is 12.7. The van der Waals surface area contributed by atoms with E-state index < -0.39 is 17.6 Å². The number of rotatable bonds is 4. The SMILES string of the molecule is CCCC(C)(N)C(=O)N1CCc2ccccc2C1C(=O)O.